The van der Waals surface area contributed by atoms with Gasteiger partial charge in [0, 0.05) is 23.5 Å². The Morgan fingerprint density at radius 3 is 2.51 bits per heavy atom. The largest absolute Gasteiger partial charge is 0.367 e. The maximum Gasteiger partial charge on any atom is 0.258 e. The van der Waals surface area contributed by atoms with Gasteiger partial charge in [0.2, 0.25) is 11.8 Å². The molecule has 9 nitrogen and oxygen atoms in total. The molecule has 3 heterocycles. The van der Waals surface area contributed by atoms with E-state index in [2.05, 4.69) is 27.1 Å². The minimum absolute atomic E-state index is 0.0896. The fraction of sp³-hybridized carbons (Fsp3) is 0.533. The molecule has 4 rings (SSSR count). The molecule has 0 radical (unpaired) electrons. The molecule has 1 aromatic carbocycles. The van der Waals surface area contributed by atoms with Crippen LogP contribution in [0.3, 0.4) is 0 Å². The Morgan fingerprint density at radius 1 is 1.03 bits per heavy atom. The van der Waals surface area contributed by atoms with Crippen LogP contribution < -0.4 is 16.1 Å². The number of pyridine rings is 1. The summed E-state index contributed by atoms with van der Waals surface area (Å²) in [6.07, 6.45) is 6.43. The molecule has 0 aliphatic carbocycles. The summed E-state index contributed by atoms with van der Waals surface area (Å²) < 4.78 is 6.12. The Bertz CT molecular complexity index is 1260. The van der Waals surface area contributed by atoms with Crippen molar-refractivity contribution in [1.82, 2.24) is 26.1 Å². The molecule has 0 saturated carbocycles. The van der Waals surface area contributed by atoms with Gasteiger partial charge in [-0.1, -0.05) is 45.9 Å². The van der Waals surface area contributed by atoms with Gasteiger partial charge in [0.25, 0.3) is 5.91 Å². The van der Waals surface area contributed by atoms with Crippen molar-refractivity contribution in [2.75, 3.05) is 13.2 Å². The maximum atomic E-state index is 13.2. The minimum atomic E-state index is -0.776. The smallest absolute Gasteiger partial charge is 0.258 e. The summed E-state index contributed by atoms with van der Waals surface area (Å²) in [5.41, 5.74) is 4.51. The van der Waals surface area contributed by atoms with E-state index < -0.39 is 18.2 Å². The summed E-state index contributed by atoms with van der Waals surface area (Å²) in [6.45, 7) is 12.3. The molecule has 3 N–H and O–H groups in total. The van der Waals surface area contributed by atoms with Crippen molar-refractivity contribution in [3.63, 3.8) is 0 Å². The van der Waals surface area contributed by atoms with Gasteiger partial charge in [0.15, 0.2) is 0 Å². The zero-order chi connectivity index (χ0) is 28.3. The van der Waals surface area contributed by atoms with E-state index in [1.165, 1.54) is 5.01 Å². The van der Waals surface area contributed by atoms with E-state index in [9.17, 15) is 14.4 Å². The lowest BCUT2D eigenvalue weighted by molar-refractivity contribution is -0.146. The van der Waals surface area contributed by atoms with E-state index in [-0.39, 0.29) is 35.1 Å². The van der Waals surface area contributed by atoms with Crippen LogP contribution in [-0.4, -0.2) is 59.1 Å². The third kappa shape index (κ3) is 7.02. The molecular formula is C30H41N5O4. The van der Waals surface area contributed by atoms with Gasteiger partial charge in [-0.25, -0.2) is 5.43 Å². The van der Waals surface area contributed by atoms with Gasteiger partial charge < -0.3 is 15.4 Å². The first-order valence-electron chi connectivity index (χ1n) is 13.8. The van der Waals surface area contributed by atoms with Crippen molar-refractivity contribution >= 4 is 34.6 Å². The third-order valence-electron chi connectivity index (χ3n) is 7.33. The lowest BCUT2D eigenvalue weighted by Gasteiger charge is -2.35. The Hall–Kier alpha value is -3.30. The summed E-state index contributed by atoms with van der Waals surface area (Å²) in [7, 11) is 0. The monoisotopic (exact) mass is 535 g/mol. The summed E-state index contributed by atoms with van der Waals surface area (Å²) in [6, 6.07) is 6.57. The van der Waals surface area contributed by atoms with Crippen LogP contribution in [0.15, 0.2) is 36.5 Å². The highest BCUT2D eigenvalue weighted by atomic mass is 16.5. The lowest BCUT2D eigenvalue weighted by Crippen LogP contribution is -2.61. The number of fused-ring (bicyclic) bond motifs is 4. The van der Waals surface area contributed by atoms with Crippen LogP contribution in [0.4, 0.5) is 0 Å². The number of carbonyl (C=O) groups is 3. The molecule has 0 spiro atoms. The highest BCUT2D eigenvalue weighted by Crippen LogP contribution is 2.25. The van der Waals surface area contributed by atoms with Crippen LogP contribution in [0.1, 0.15) is 71.7 Å². The molecule has 5 bridgehead atoms. The molecule has 3 amide bonds. The molecule has 1 aromatic heterocycles. The Kier molecular flexibility index (Phi) is 8.71. The highest BCUT2D eigenvalue weighted by Gasteiger charge is 2.33. The number of hydrogen-bond donors (Lipinski definition) is 3. The fourth-order valence-electron chi connectivity index (χ4n) is 4.89. The van der Waals surface area contributed by atoms with Gasteiger partial charge in [-0.3, -0.25) is 24.4 Å². The standard InChI is InChI=1S/C30H41N5O4/c1-18(2)26-28(37)33-20(4)29(38)35-13-7-8-25(34-35)27(36)32-19(3)21-9-10-22-16-31-24(15-23(22)14-21)11-12-30(5,6)17-39-26/h9-12,14-16,18-20,25-26,34H,7-8,13,17H2,1-6H3,(H,32,36)(H,33,37)/b12-11+/t19-,20+,25+,26?/m1/s1. The number of amides is 3. The number of hydrogen-bond acceptors (Lipinski definition) is 6. The molecule has 2 aromatic rings. The topological polar surface area (TPSA) is 113 Å². The number of benzene rings is 1. The predicted molar refractivity (Wildman–Crippen MR) is 151 cm³/mol. The first-order chi connectivity index (χ1) is 18.4. The van der Waals surface area contributed by atoms with Crippen molar-refractivity contribution in [2.24, 2.45) is 11.3 Å². The van der Waals surface area contributed by atoms with Gasteiger partial charge in [-0.15, -0.1) is 0 Å². The number of carbonyl (C=O) groups excluding carboxylic acids is 3. The van der Waals surface area contributed by atoms with Crippen molar-refractivity contribution in [3.05, 3.63) is 47.8 Å². The summed E-state index contributed by atoms with van der Waals surface area (Å²) >= 11 is 0. The van der Waals surface area contributed by atoms with E-state index in [1.807, 2.05) is 71.2 Å². The second kappa shape index (κ2) is 11.8. The van der Waals surface area contributed by atoms with E-state index in [4.69, 9.17) is 4.74 Å². The zero-order valence-electron chi connectivity index (χ0n) is 23.8. The van der Waals surface area contributed by atoms with Crippen LogP contribution in [-0.2, 0) is 19.1 Å². The number of rotatable bonds is 1. The number of aromatic nitrogens is 1. The first kappa shape index (κ1) is 28.7. The molecule has 2 aliphatic rings. The highest BCUT2D eigenvalue weighted by molar-refractivity contribution is 5.90. The summed E-state index contributed by atoms with van der Waals surface area (Å²) in [5.74, 6) is -0.879. The summed E-state index contributed by atoms with van der Waals surface area (Å²) in [4.78, 5) is 44.1. The minimum Gasteiger partial charge on any atom is -0.367 e. The average molecular weight is 536 g/mol. The second-order valence-electron chi connectivity index (χ2n) is 11.8. The Balaban J connectivity index is 1.67. The van der Waals surface area contributed by atoms with Crippen LogP contribution in [0.2, 0.25) is 0 Å². The predicted octanol–water partition coefficient (Wildman–Crippen LogP) is 3.51. The fourth-order valence-corrected chi connectivity index (χ4v) is 4.89. The normalized spacial score (nSPS) is 27.8. The number of ether oxygens (including phenoxy) is 1. The molecule has 2 aliphatic heterocycles. The summed E-state index contributed by atoms with van der Waals surface area (Å²) in [5, 5.41) is 9.41. The third-order valence-corrected chi connectivity index (χ3v) is 7.33. The molecule has 210 valence electrons. The van der Waals surface area contributed by atoms with Gasteiger partial charge in [0.1, 0.15) is 18.2 Å². The van der Waals surface area contributed by atoms with E-state index in [1.54, 1.807) is 6.92 Å². The van der Waals surface area contributed by atoms with Crippen molar-refractivity contribution < 1.29 is 19.1 Å². The van der Waals surface area contributed by atoms with Crippen molar-refractivity contribution in [1.29, 1.82) is 0 Å². The number of nitrogens with zero attached hydrogens (tertiary/aromatic N) is 2. The quantitative estimate of drug-likeness (QED) is 0.515. The van der Waals surface area contributed by atoms with Crippen LogP contribution in [0, 0.1) is 11.3 Å². The molecule has 39 heavy (non-hydrogen) atoms. The number of hydrazine groups is 1. The van der Waals surface area contributed by atoms with Crippen molar-refractivity contribution in [3.8, 4) is 0 Å². The zero-order valence-corrected chi connectivity index (χ0v) is 23.8. The average Bonchev–Trinajstić information content (AvgIpc) is 2.90. The molecule has 9 heteroatoms. The Labute approximate surface area is 230 Å². The van der Waals surface area contributed by atoms with Crippen molar-refractivity contribution in [2.45, 2.75) is 78.6 Å². The molecule has 1 unspecified atom stereocenters. The maximum absolute atomic E-state index is 13.2. The molecule has 1 saturated heterocycles. The van der Waals surface area contributed by atoms with Gasteiger partial charge >= 0.3 is 0 Å². The van der Waals surface area contributed by atoms with Gasteiger partial charge in [-0.05, 0) is 61.8 Å². The first-order valence-corrected chi connectivity index (χ1v) is 13.8. The van der Waals surface area contributed by atoms with E-state index >= 15 is 0 Å². The molecular weight excluding hydrogens is 494 g/mol. The van der Waals surface area contributed by atoms with Crippen LogP contribution in [0.25, 0.3) is 16.8 Å². The van der Waals surface area contributed by atoms with E-state index in [0.717, 1.165) is 22.0 Å². The van der Waals surface area contributed by atoms with Crippen LogP contribution >= 0.6 is 0 Å². The van der Waals surface area contributed by atoms with Gasteiger partial charge in [0.05, 0.1) is 18.3 Å². The van der Waals surface area contributed by atoms with Gasteiger partial charge in [-0.2, -0.15) is 0 Å². The van der Waals surface area contributed by atoms with E-state index in [0.29, 0.717) is 26.0 Å². The SMILES string of the molecule is CC(C)C1OCC(C)(C)/C=C/c2cc3cc(ccc3cn2)[C@@H](C)NC(=O)[C@@H]2CCCN(N2)C(=O)[C@H](C)NC1=O. The second-order valence-corrected chi connectivity index (χ2v) is 11.8. The molecule has 4 atom stereocenters. The molecule has 1 fully saturated rings. The lowest BCUT2D eigenvalue weighted by atomic mass is 9.93. The Morgan fingerprint density at radius 2 is 1.77 bits per heavy atom. The number of nitrogens with one attached hydrogen (secondary N) is 3. The van der Waals surface area contributed by atoms with Crippen LogP contribution in [0.5, 0.6) is 0 Å².